The SMILES string of the molecule is Cc1c(Cl)cccc1S(=O)(=O)N1CC(Oc2cc(C)n(C)c(=O)c2)C1. The van der Waals surface area contributed by atoms with Gasteiger partial charge in [-0.05, 0) is 37.6 Å². The molecule has 0 N–H and O–H groups in total. The summed E-state index contributed by atoms with van der Waals surface area (Å²) in [5, 5.41) is 0.421. The molecule has 0 unspecified atom stereocenters. The monoisotopic (exact) mass is 382 g/mol. The molecule has 1 aromatic carbocycles. The Morgan fingerprint density at radius 1 is 1.20 bits per heavy atom. The largest absolute Gasteiger partial charge is 0.487 e. The Morgan fingerprint density at radius 3 is 2.52 bits per heavy atom. The number of ether oxygens (including phenoxy) is 1. The number of aryl methyl sites for hydroxylation is 1. The summed E-state index contributed by atoms with van der Waals surface area (Å²) in [7, 11) is -1.91. The highest BCUT2D eigenvalue weighted by molar-refractivity contribution is 7.89. The van der Waals surface area contributed by atoms with Crippen LogP contribution in [0.25, 0.3) is 0 Å². The number of sulfonamides is 1. The summed E-state index contributed by atoms with van der Waals surface area (Å²) in [6.45, 7) is 3.98. The van der Waals surface area contributed by atoms with E-state index in [1.54, 1.807) is 38.2 Å². The lowest BCUT2D eigenvalue weighted by molar-refractivity contribution is 0.0758. The Bertz CT molecular complexity index is 979. The van der Waals surface area contributed by atoms with Crippen molar-refractivity contribution in [1.29, 1.82) is 0 Å². The van der Waals surface area contributed by atoms with E-state index in [-0.39, 0.29) is 29.6 Å². The van der Waals surface area contributed by atoms with E-state index < -0.39 is 10.0 Å². The third-order valence-electron chi connectivity index (χ3n) is 4.43. The standard InChI is InChI=1S/C17H19ClN2O4S/c1-11-7-13(8-17(21)19(11)3)24-14-9-20(10-14)25(22,23)16-6-4-5-15(18)12(16)2/h4-8,14H,9-10H2,1-3H3. The van der Waals surface area contributed by atoms with Crippen LogP contribution in [0.2, 0.25) is 5.02 Å². The van der Waals surface area contributed by atoms with Crippen molar-refractivity contribution in [2.45, 2.75) is 24.8 Å². The van der Waals surface area contributed by atoms with E-state index in [0.29, 0.717) is 16.3 Å². The van der Waals surface area contributed by atoms with Crippen molar-refractivity contribution in [2.75, 3.05) is 13.1 Å². The Labute approximate surface area is 151 Å². The van der Waals surface area contributed by atoms with Gasteiger partial charge in [-0.2, -0.15) is 4.31 Å². The first kappa shape index (κ1) is 18.0. The molecule has 0 atom stereocenters. The third-order valence-corrected chi connectivity index (χ3v) is 6.82. The Balaban J connectivity index is 1.72. The molecule has 0 spiro atoms. The minimum Gasteiger partial charge on any atom is -0.487 e. The molecule has 3 rings (SSSR count). The summed E-state index contributed by atoms with van der Waals surface area (Å²) < 4.78 is 34.0. The molecule has 6 nitrogen and oxygen atoms in total. The number of rotatable bonds is 4. The highest BCUT2D eigenvalue weighted by Crippen LogP contribution is 2.29. The predicted octanol–water partition coefficient (Wildman–Crippen LogP) is 2.11. The van der Waals surface area contributed by atoms with Gasteiger partial charge in [0.2, 0.25) is 10.0 Å². The number of nitrogens with zero attached hydrogens (tertiary/aromatic N) is 2. The van der Waals surface area contributed by atoms with Crippen LogP contribution in [0.4, 0.5) is 0 Å². The van der Waals surface area contributed by atoms with Crippen LogP contribution < -0.4 is 10.3 Å². The van der Waals surface area contributed by atoms with Gasteiger partial charge in [-0.25, -0.2) is 8.42 Å². The van der Waals surface area contributed by atoms with Crippen LogP contribution in [-0.2, 0) is 17.1 Å². The van der Waals surface area contributed by atoms with E-state index >= 15 is 0 Å². The maximum Gasteiger partial charge on any atom is 0.254 e. The lowest BCUT2D eigenvalue weighted by Gasteiger charge is -2.38. The molecule has 0 amide bonds. The van der Waals surface area contributed by atoms with Gasteiger partial charge in [0.15, 0.2) is 0 Å². The van der Waals surface area contributed by atoms with Crippen molar-refractivity contribution >= 4 is 21.6 Å². The molecule has 25 heavy (non-hydrogen) atoms. The Kier molecular flexibility index (Phi) is 4.66. The first-order valence-electron chi connectivity index (χ1n) is 7.80. The number of halogens is 1. The molecule has 0 radical (unpaired) electrons. The third kappa shape index (κ3) is 3.31. The maximum atomic E-state index is 12.7. The zero-order valence-electron chi connectivity index (χ0n) is 14.2. The fourth-order valence-electron chi connectivity index (χ4n) is 2.67. The number of benzene rings is 1. The van der Waals surface area contributed by atoms with Crippen LogP contribution in [0.5, 0.6) is 5.75 Å². The summed E-state index contributed by atoms with van der Waals surface area (Å²) in [4.78, 5) is 12.0. The highest BCUT2D eigenvalue weighted by atomic mass is 35.5. The molecule has 134 valence electrons. The molecule has 2 aromatic rings. The van der Waals surface area contributed by atoms with Gasteiger partial charge in [-0.3, -0.25) is 4.79 Å². The zero-order chi connectivity index (χ0) is 18.4. The first-order chi connectivity index (χ1) is 11.7. The first-order valence-corrected chi connectivity index (χ1v) is 9.61. The maximum absolute atomic E-state index is 12.7. The van der Waals surface area contributed by atoms with Crippen LogP contribution >= 0.6 is 11.6 Å². The van der Waals surface area contributed by atoms with E-state index in [1.165, 1.54) is 14.9 Å². The van der Waals surface area contributed by atoms with E-state index in [1.807, 2.05) is 6.92 Å². The number of hydrogen-bond donors (Lipinski definition) is 0. The van der Waals surface area contributed by atoms with Gasteiger partial charge in [0.25, 0.3) is 5.56 Å². The zero-order valence-corrected chi connectivity index (χ0v) is 15.8. The summed E-state index contributed by atoms with van der Waals surface area (Å²) in [6.07, 6.45) is -0.277. The minimum atomic E-state index is -3.60. The fraction of sp³-hybridized carbons (Fsp3) is 0.353. The molecule has 1 fully saturated rings. The number of pyridine rings is 1. The van der Waals surface area contributed by atoms with Crippen molar-refractivity contribution < 1.29 is 13.2 Å². The van der Waals surface area contributed by atoms with Gasteiger partial charge in [-0.15, -0.1) is 0 Å². The molecule has 1 aliphatic rings. The van der Waals surface area contributed by atoms with Crippen molar-refractivity contribution in [3.8, 4) is 5.75 Å². The van der Waals surface area contributed by atoms with E-state index in [2.05, 4.69) is 0 Å². The molecule has 0 bridgehead atoms. The predicted molar refractivity (Wildman–Crippen MR) is 95.8 cm³/mol. The second kappa shape index (κ2) is 6.48. The molecule has 2 heterocycles. The molecule has 1 aliphatic heterocycles. The molecular weight excluding hydrogens is 364 g/mol. The molecule has 1 aromatic heterocycles. The molecule has 8 heteroatoms. The van der Waals surface area contributed by atoms with Crippen LogP contribution in [0.15, 0.2) is 40.0 Å². The normalized spacial score (nSPS) is 15.8. The molecule has 0 aliphatic carbocycles. The quantitative estimate of drug-likeness (QED) is 0.812. The van der Waals surface area contributed by atoms with Crippen LogP contribution in [-0.4, -0.2) is 36.5 Å². The van der Waals surface area contributed by atoms with Crippen LogP contribution in [0, 0.1) is 13.8 Å². The molecular formula is C17H19ClN2O4S. The van der Waals surface area contributed by atoms with Gasteiger partial charge >= 0.3 is 0 Å². The number of aromatic nitrogens is 1. The Morgan fingerprint density at radius 2 is 1.88 bits per heavy atom. The van der Waals surface area contributed by atoms with Gasteiger partial charge in [-0.1, -0.05) is 17.7 Å². The topological polar surface area (TPSA) is 68.6 Å². The van der Waals surface area contributed by atoms with Gasteiger partial charge in [0.1, 0.15) is 11.9 Å². The van der Waals surface area contributed by atoms with Crippen molar-refractivity contribution in [3.05, 3.63) is 57.0 Å². The summed E-state index contributed by atoms with van der Waals surface area (Å²) in [6, 6.07) is 8.01. The Hall–Kier alpha value is -1.83. The average molecular weight is 383 g/mol. The smallest absolute Gasteiger partial charge is 0.254 e. The van der Waals surface area contributed by atoms with Crippen molar-refractivity contribution in [3.63, 3.8) is 0 Å². The average Bonchev–Trinajstić information content (AvgIpc) is 2.50. The van der Waals surface area contributed by atoms with Gasteiger partial charge in [0, 0.05) is 23.8 Å². The van der Waals surface area contributed by atoms with Gasteiger partial charge < -0.3 is 9.30 Å². The summed E-state index contributed by atoms with van der Waals surface area (Å²) in [5.41, 5.74) is 1.16. The van der Waals surface area contributed by atoms with Gasteiger partial charge in [0.05, 0.1) is 18.0 Å². The van der Waals surface area contributed by atoms with Crippen LogP contribution in [0.1, 0.15) is 11.3 Å². The highest BCUT2D eigenvalue weighted by Gasteiger charge is 2.39. The lowest BCUT2D eigenvalue weighted by atomic mass is 10.2. The summed E-state index contributed by atoms with van der Waals surface area (Å²) in [5.74, 6) is 0.460. The van der Waals surface area contributed by atoms with E-state index in [9.17, 15) is 13.2 Å². The van der Waals surface area contributed by atoms with Crippen molar-refractivity contribution in [1.82, 2.24) is 8.87 Å². The summed E-state index contributed by atoms with van der Waals surface area (Å²) >= 11 is 6.02. The van der Waals surface area contributed by atoms with E-state index in [0.717, 1.165) is 5.69 Å². The van der Waals surface area contributed by atoms with Crippen molar-refractivity contribution in [2.24, 2.45) is 7.05 Å². The van der Waals surface area contributed by atoms with Crippen LogP contribution in [0.3, 0.4) is 0 Å². The van der Waals surface area contributed by atoms with E-state index in [4.69, 9.17) is 16.3 Å². The molecule has 0 saturated carbocycles. The second-order valence-corrected chi connectivity index (χ2v) is 8.47. The fourth-order valence-corrected chi connectivity index (χ4v) is 4.66. The second-order valence-electron chi connectivity index (χ2n) is 6.15. The molecule has 1 saturated heterocycles. The lowest BCUT2D eigenvalue weighted by Crippen LogP contribution is -2.56. The number of hydrogen-bond acceptors (Lipinski definition) is 4. The minimum absolute atomic E-state index is 0.159.